The van der Waals surface area contributed by atoms with E-state index in [2.05, 4.69) is 20.6 Å². The largest absolute Gasteiger partial charge is 0.478 e. The van der Waals surface area contributed by atoms with Crippen LogP contribution in [0.15, 0.2) is 71.9 Å². The summed E-state index contributed by atoms with van der Waals surface area (Å²) in [6.07, 6.45) is 6.31. The number of hydrogen-bond donors (Lipinski definition) is 3. The second-order valence-corrected chi connectivity index (χ2v) is 12.5. The van der Waals surface area contributed by atoms with Crippen molar-refractivity contribution in [3.05, 3.63) is 93.1 Å². The number of methoxy groups -OCH3 is 1. The quantitative estimate of drug-likeness (QED) is 0.209. The van der Waals surface area contributed by atoms with Crippen molar-refractivity contribution < 1.29 is 9.53 Å². The summed E-state index contributed by atoms with van der Waals surface area (Å²) < 4.78 is 7.08. The van der Waals surface area contributed by atoms with Gasteiger partial charge in [0.15, 0.2) is 5.82 Å². The molecule has 0 bridgehead atoms. The number of ether oxygens (including phenoxy) is 1. The Morgan fingerprint density at radius 1 is 1.00 bits per heavy atom. The van der Waals surface area contributed by atoms with Gasteiger partial charge in [-0.25, -0.2) is 15.0 Å². The Hall–Kier alpha value is -4.55. The highest BCUT2D eigenvalue weighted by molar-refractivity contribution is 6.39. The van der Waals surface area contributed by atoms with Gasteiger partial charge in [0.1, 0.15) is 5.65 Å². The lowest BCUT2D eigenvalue weighted by molar-refractivity contribution is -0.119. The van der Waals surface area contributed by atoms with Crippen LogP contribution in [0.5, 0.6) is 5.88 Å². The van der Waals surface area contributed by atoms with Crippen molar-refractivity contribution >= 4 is 40.6 Å². The van der Waals surface area contributed by atoms with Gasteiger partial charge in [0.2, 0.25) is 5.91 Å². The molecule has 7 rings (SSSR count). The first kappa shape index (κ1) is 31.1. The third-order valence-electron chi connectivity index (χ3n) is 8.57. The number of aromatic nitrogens is 4. The molecule has 2 saturated heterocycles. The lowest BCUT2D eigenvalue weighted by Crippen LogP contribution is -2.56. The highest BCUT2D eigenvalue weighted by atomic mass is 35.5. The summed E-state index contributed by atoms with van der Waals surface area (Å²) in [6, 6.07) is 15.3. The Balaban J connectivity index is 1.16. The molecule has 0 saturated carbocycles. The van der Waals surface area contributed by atoms with E-state index in [4.69, 9.17) is 38.7 Å². The molecule has 47 heavy (non-hydrogen) atoms. The van der Waals surface area contributed by atoms with E-state index in [1.807, 2.05) is 53.4 Å². The summed E-state index contributed by atoms with van der Waals surface area (Å²) in [4.78, 5) is 40.6. The molecule has 1 amide bonds. The fourth-order valence-electron chi connectivity index (χ4n) is 6.05. The molecule has 1 atom stereocenters. The number of carbonyl (C=O) groups is 1. The van der Waals surface area contributed by atoms with Crippen molar-refractivity contribution in [2.45, 2.75) is 31.5 Å². The minimum atomic E-state index is -0.158. The smallest absolute Gasteiger partial charge is 0.262 e. The van der Waals surface area contributed by atoms with E-state index in [-0.39, 0.29) is 23.6 Å². The maximum atomic E-state index is 13.2. The van der Waals surface area contributed by atoms with Gasteiger partial charge < -0.3 is 26.0 Å². The van der Waals surface area contributed by atoms with E-state index in [0.29, 0.717) is 76.8 Å². The number of hydrogen-bond acceptors (Lipinski definition) is 9. The number of pyridine rings is 1. The summed E-state index contributed by atoms with van der Waals surface area (Å²) in [5, 5.41) is 7.16. The maximum absolute atomic E-state index is 13.2. The van der Waals surface area contributed by atoms with Crippen molar-refractivity contribution in [1.82, 2.24) is 30.0 Å². The summed E-state index contributed by atoms with van der Waals surface area (Å²) in [6.45, 7) is 2.34. The molecule has 4 N–H and O–H groups in total. The number of nitrogens with one attached hydrogen (secondary N) is 2. The van der Waals surface area contributed by atoms with Crippen LogP contribution < -0.4 is 31.6 Å². The van der Waals surface area contributed by atoms with Crippen LogP contribution in [0.25, 0.3) is 39.2 Å². The second kappa shape index (κ2) is 12.9. The summed E-state index contributed by atoms with van der Waals surface area (Å²) in [5.41, 5.74) is 11.1. The minimum absolute atomic E-state index is 0.0629. The standard InChI is InChI=1S/C34H32Cl2N8O3/c1-47-33-32(43-17-21(37)18-43)40-16-27(42-33)26-7-3-6-25(31(26)36)24-5-2-4-23(30(24)35)19-10-11-44-28(12-19)39-14-20(34(44)46)13-38-15-22-8-9-29(45)41-22/h2-7,10-12,14,16,21-22,38H,8-9,13,15,17-18,37H2,1H3,(H,41,45)/t22-/m0/s1. The highest BCUT2D eigenvalue weighted by Gasteiger charge is 2.28. The van der Waals surface area contributed by atoms with Crippen LogP contribution >= 0.6 is 23.2 Å². The lowest BCUT2D eigenvalue weighted by atomic mass is 9.97. The topological polar surface area (TPSA) is 140 Å². The van der Waals surface area contributed by atoms with Gasteiger partial charge in [0.25, 0.3) is 11.4 Å². The average Bonchev–Trinajstić information content (AvgIpc) is 3.49. The Labute approximate surface area is 280 Å². The minimum Gasteiger partial charge on any atom is -0.478 e. The van der Waals surface area contributed by atoms with Gasteiger partial charge in [-0.15, -0.1) is 0 Å². The van der Waals surface area contributed by atoms with E-state index in [9.17, 15) is 9.59 Å². The number of nitrogens with zero attached hydrogens (tertiary/aromatic N) is 5. The number of anilines is 1. The normalized spacial score (nSPS) is 16.4. The SMILES string of the molecule is COc1nc(-c2cccc(-c3cccc(-c4ccn5c(=O)c(CNC[C@@H]6CCC(=O)N6)cnc5c4)c3Cl)c2Cl)cnc1N1CC(N)C1. The molecule has 0 unspecified atom stereocenters. The number of nitrogens with two attached hydrogens (primary N) is 1. The molecular formula is C34H32Cl2N8O3. The number of carbonyl (C=O) groups excluding carboxylic acids is 1. The molecule has 0 spiro atoms. The summed E-state index contributed by atoms with van der Waals surface area (Å²) >= 11 is 14.1. The van der Waals surface area contributed by atoms with Crippen LogP contribution in [0, 0.1) is 0 Å². The third kappa shape index (κ3) is 6.03. The molecule has 3 aromatic heterocycles. The van der Waals surface area contributed by atoms with Crippen LogP contribution in [0.1, 0.15) is 18.4 Å². The van der Waals surface area contributed by atoms with Gasteiger partial charge in [-0.2, -0.15) is 0 Å². The lowest BCUT2D eigenvalue weighted by Gasteiger charge is -2.37. The molecule has 5 aromatic rings. The van der Waals surface area contributed by atoms with Crippen LogP contribution in [-0.4, -0.2) is 64.1 Å². The van der Waals surface area contributed by atoms with Gasteiger partial charge in [0, 0.05) is 84.9 Å². The van der Waals surface area contributed by atoms with Crippen molar-refractivity contribution in [2.24, 2.45) is 5.73 Å². The van der Waals surface area contributed by atoms with E-state index in [1.165, 1.54) is 4.40 Å². The number of amides is 1. The fraction of sp³-hybridized carbons (Fsp3) is 0.265. The van der Waals surface area contributed by atoms with Crippen molar-refractivity contribution in [3.63, 3.8) is 0 Å². The van der Waals surface area contributed by atoms with Crippen LogP contribution in [0.3, 0.4) is 0 Å². The molecule has 2 aliphatic heterocycles. The number of halogens is 2. The summed E-state index contributed by atoms with van der Waals surface area (Å²) in [5.74, 6) is 1.12. The second-order valence-electron chi connectivity index (χ2n) is 11.8. The maximum Gasteiger partial charge on any atom is 0.262 e. The fourth-order valence-corrected chi connectivity index (χ4v) is 6.71. The molecule has 0 aliphatic carbocycles. The summed E-state index contributed by atoms with van der Waals surface area (Å²) in [7, 11) is 1.57. The molecule has 2 fully saturated rings. The van der Waals surface area contributed by atoms with Crippen LogP contribution in [0.4, 0.5) is 5.82 Å². The van der Waals surface area contributed by atoms with Gasteiger partial charge >= 0.3 is 0 Å². The molecule has 2 aliphatic rings. The molecule has 0 radical (unpaired) electrons. The van der Waals surface area contributed by atoms with Crippen LogP contribution in [0.2, 0.25) is 10.0 Å². The number of fused-ring (bicyclic) bond motifs is 1. The number of rotatable bonds is 9. The average molecular weight is 672 g/mol. The van der Waals surface area contributed by atoms with Gasteiger partial charge in [-0.3, -0.25) is 14.0 Å². The molecule has 13 heteroatoms. The highest BCUT2D eigenvalue weighted by Crippen LogP contribution is 2.42. The third-order valence-corrected chi connectivity index (χ3v) is 9.39. The molecule has 2 aromatic carbocycles. The van der Waals surface area contributed by atoms with Crippen molar-refractivity contribution in [2.75, 3.05) is 31.6 Å². The molecule has 240 valence electrons. The van der Waals surface area contributed by atoms with Gasteiger partial charge in [-0.05, 0) is 24.1 Å². The Morgan fingerprint density at radius 2 is 1.72 bits per heavy atom. The predicted molar refractivity (Wildman–Crippen MR) is 183 cm³/mol. The van der Waals surface area contributed by atoms with E-state index >= 15 is 0 Å². The predicted octanol–water partition coefficient (Wildman–Crippen LogP) is 4.32. The molecule has 5 heterocycles. The molecule has 11 nitrogen and oxygen atoms in total. The van der Waals surface area contributed by atoms with Crippen molar-refractivity contribution in [1.29, 1.82) is 0 Å². The first-order valence-electron chi connectivity index (χ1n) is 15.3. The first-order chi connectivity index (χ1) is 22.8. The van der Waals surface area contributed by atoms with Crippen molar-refractivity contribution in [3.8, 4) is 39.4 Å². The van der Waals surface area contributed by atoms with Gasteiger partial charge in [-0.1, -0.05) is 59.6 Å². The van der Waals surface area contributed by atoms with Gasteiger partial charge in [0.05, 0.1) is 29.0 Å². The first-order valence-corrected chi connectivity index (χ1v) is 16.1. The Kier molecular flexibility index (Phi) is 8.54. The number of benzene rings is 2. The molecular weight excluding hydrogens is 639 g/mol. The Morgan fingerprint density at radius 3 is 2.43 bits per heavy atom. The van der Waals surface area contributed by atoms with Crippen LogP contribution in [-0.2, 0) is 11.3 Å². The zero-order chi connectivity index (χ0) is 32.7. The zero-order valence-corrected chi connectivity index (χ0v) is 27.1. The zero-order valence-electron chi connectivity index (χ0n) is 25.5. The van der Waals surface area contributed by atoms with E-state index < -0.39 is 0 Å². The van der Waals surface area contributed by atoms with E-state index in [0.717, 1.165) is 28.7 Å². The monoisotopic (exact) mass is 670 g/mol. The van der Waals surface area contributed by atoms with E-state index in [1.54, 1.807) is 25.7 Å². The Bertz CT molecular complexity index is 2060.